The minimum atomic E-state index is 1.07. The Balaban J connectivity index is 3.14. The molecule has 0 saturated carbocycles. The summed E-state index contributed by atoms with van der Waals surface area (Å²) in [6.07, 6.45) is 0. The molecule has 0 heterocycles. The Morgan fingerprint density at radius 2 is 1.67 bits per heavy atom. The predicted molar refractivity (Wildman–Crippen MR) is 69.0 cm³/mol. The van der Waals surface area contributed by atoms with Crippen molar-refractivity contribution in [2.24, 2.45) is 0 Å². The lowest BCUT2D eigenvalue weighted by atomic mass is 10.1. The van der Waals surface area contributed by atoms with Crippen LogP contribution in [-0.4, -0.2) is 20.1 Å². The molecule has 84 valence electrons. The van der Waals surface area contributed by atoms with Gasteiger partial charge in [-0.15, -0.1) is 0 Å². The Morgan fingerprint density at radius 1 is 1.07 bits per heavy atom. The fraction of sp³-hybridized carbons (Fsp3) is 0.538. The smallest absolute Gasteiger partial charge is 0.0399 e. The first-order valence-corrected chi connectivity index (χ1v) is 5.67. The van der Waals surface area contributed by atoms with Gasteiger partial charge in [-0.25, -0.2) is 0 Å². The number of aryl methyl sites for hydroxylation is 2. The average Bonchev–Trinajstić information content (AvgIpc) is 2.24. The second kappa shape index (κ2) is 5.06. The molecule has 0 atom stereocenters. The first-order valence-electron chi connectivity index (χ1n) is 5.67. The largest absolute Gasteiger partial charge is 0.388 e. The van der Waals surface area contributed by atoms with E-state index < -0.39 is 0 Å². The fourth-order valence-electron chi connectivity index (χ4n) is 1.98. The van der Waals surface area contributed by atoms with E-state index in [9.17, 15) is 0 Å². The predicted octanol–water partition coefficient (Wildman–Crippen LogP) is 3.19. The zero-order valence-electron chi connectivity index (χ0n) is 10.5. The Bertz CT molecular complexity index is 328. The van der Waals surface area contributed by atoms with Crippen molar-refractivity contribution < 1.29 is 0 Å². The number of benzene rings is 1. The molecular weight excluding hydrogens is 184 g/mol. The van der Waals surface area contributed by atoms with Gasteiger partial charge < -0.3 is 10.2 Å². The van der Waals surface area contributed by atoms with E-state index in [0.29, 0.717) is 0 Å². The number of anilines is 2. The highest BCUT2D eigenvalue weighted by molar-refractivity contribution is 5.64. The summed E-state index contributed by atoms with van der Waals surface area (Å²) in [5.41, 5.74) is 5.23. The quantitative estimate of drug-likeness (QED) is 0.814. The molecule has 0 aliphatic heterocycles. The number of rotatable bonds is 4. The maximum atomic E-state index is 3.22. The lowest BCUT2D eigenvalue weighted by molar-refractivity contribution is 0.861. The van der Waals surface area contributed by atoms with Gasteiger partial charge in [0, 0.05) is 31.5 Å². The molecule has 1 aromatic carbocycles. The summed E-state index contributed by atoms with van der Waals surface area (Å²) in [7, 11) is 1.97. The molecule has 0 amide bonds. The Kier molecular flexibility index (Phi) is 4.01. The van der Waals surface area contributed by atoms with Gasteiger partial charge in [0.15, 0.2) is 0 Å². The summed E-state index contributed by atoms with van der Waals surface area (Å²) in [6.45, 7) is 10.9. The normalized spacial score (nSPS) is 10.2. The van der Waals surface area contributed by atoms with E-state index in [0.717, 1.165) is 13.1 Å². The third kappa shape index (κ3) is 2.44. The summed E-state index contributed by atoms with van der Waals surface area (Å²) in [6, 6.07) is 4.50. The van der Waals surface area contributed by atoms with E-state index in [1.807, 2.05) is 7.05 Å². The molecule has 2 nitrogen and oxygen atoms in total. The van der Waals surface area contributed by atoms with E-state index in [2.05, 4.69) is 50.0 Å². The van der Waals surface area contributed by atoms with Crippen LogP contribution in [0.5, 0.6) is 0 Å². The number of hydrogen-bond donors (Lipinski definition) is 1. The van der Waals surface area contributed by atoms with Crippen LogP contribution in [0.15, 0.2) is 12.1 Å². The van der Waals surface area contributed by atoms with Crippen LogP contribution in [0.3, 0.4) is 0 Å². The van der Waals surface area contributed by atoms with Crippen LogP contribution >= 0.6 is 0 Å². The lowest BCUT2D eigenvalue weighted by Gasteiger charge is -2.24. The van der Waals surface area contributed by atoms with Gasteiger partial charge in [-0.05, 0) is 51.0 Å². The molecule has 2 heteroatoms. The standard InChI is InChI=1S/C13H22N2/c1-6-15(7-2)13-9-10(3)12(14-5)8-11(13)4/h8-9,14H,6-7H2,1-5H3. The van der Waals surface area contributed by atoms with Gasteiger partial charge in [0.25, 0.3) is 0 Å². The maximum Gasteiger partial charge on any atom is 0.0399 e. The van der Waals surface area contributed by atoms with Crippen LogP contribution in [0.1, 0.15) is 25.0 Å². The molecule has 0 aliphatic rings. The van der Waals surface area contributed by atoms with E-state index in [-0.39, 0.29) is 0 Å². The molecule has 0 unspecified atom stereocenters. The van der Waals surface area contributed by atoms with Crippen molar-refractivity contribution in [1.29, 1.82) is 0 Å². The first-order chi connectivity index (χ1) is 7.13. The highest BCUT2D eigenvalue weighted by Gasteiger charge is 2.07. The van der Waals surface area contributed by atoms with Crippen LogP contribution in [0.4, 0.5) is 11.4 Å². The maximum absolute atomic E-state index is 3.22. The van der Waals surface area contributed by atoms with E-state index in [4.69, 9.17) is 0 Å². The third-order valence-electron chi connectivity index (χ3n) is 2.92. The van der Waals surface area contributed by atoms with Gasteiger partial charge in [-0.1, -0.05) is 0 Å². The minimum Gasteiger partial charge on any atom is -0.388 e. The second-order valence-electron chi connectivity index (χ2n) is 3.88. The Hall–Kier alpha value is -1.18. The zero-order chi connectivity index (χ0) is 11.4. The highest BCUT2D eigenvalue weighted by atomic mass is 15.1. The summed E-state index contributed by atoms with van der Waals surface area (Å²) in [4.78, 5) is 2.39. The Morgan fingerprint density at radius 3 is 2.13 bits per heavy atom. The molecule has 1 N–H and O–H groups in total. The molecule has 0 aliphatic carbocycles. The van der Waals surface area contributed by atoms with Gasteiger partial charge >= 0.3 is 0 Å². The topological polar surface area (TPSA) is 15.3 Å². The van der Waals surface area contributed by atoms with Crippen LogP contribution in [0, 0.1) is 13.8 Å². The van der Waals surface area contributed by atoms with Gasteiger partial charge in [-0.2, -0.15) is 0 Å². The van der Waals surface area contributed by atoms with Crippen LogP contribution in [0.2, 0.25) is 0 Å². The summed E-state index contributed by atoms with van der Waals surface area (Å²) in [5, 5.41) is 3.22. The SMILES string of the molecule is CCN(CC)c1cc(C)c(NC)cc1C. The first kappa shape index (κ1) is 11.9. The monoisotopic (exact) mass is 206 g/mol. The van der Waals surface area contributed by atoms with E-state index in [1.54, 1.807) is 0 Å². The molecule has 0 aromatic heterocycles. The number of nitrogens with zero attached hydrogens (tertiary/aromatic N) is 1. The summed E-state index contributed by atoms with van der Waals surface area (Å²) < 4.78 is 0. The minimum absolute atomic E-state index is 1.07. The van der Waals surface area contributed by atoms with E-state index in [1.165, 1.54) is 22.5 Å². The van der Waals surface area contributed by atoms with Crippen molar-refractivity contribution in [3.05, 3.63) is 23.3 Å². The van der Waals surface area contributed by atoms with Crippen molar-refractivity contribution >= 4 is 11.4 Å². The van der Waals surface area contributed by atoms with Gasteiger partial charge in [0.1, 0.15) is 0 Å². The van der Waals surface area contributed by atoms with Crippen LogP contribution in [0.25, 0.3) is 0 Å². The zero-order valence-corrected chi connectivity index (χ0v) is 10.5. The van der Waals surface area contributed by atoms with Crippen molar-refractivity contribution in [2.75, 3.05) is 30.4 Å². The average molecular weight is 206 g/mol. The summed E-state index contributed by atoms with van der Waals surface area (Å²) in [5.74, 6) is 0. The molecule has 1 aromatic rings. The highest BCUT2D eigenvalue weighted by Crippen LogP contribution is 2.26. The molecule has 1 rings (SSSR count). The molecule has 0 saturated heterocycles. The van der Waals surface area contributed by atoms with E-state index >= 15 is 0 Å². The molecule has 15 heavy (non-hydrogen) atoms. The lowest BCUT2D eigenvalue weighted by Crippen LogP contribution is -2.22. The number of nitrogens with one attached hydrogen (secondary N) is 1. The molecule has 0 spiro atoms. The summed E-state index contributed by atoms with van der Waals surface area (Å²) >= 11 is 0. The van der Waals surface area contributed by atoms with Gasteiger partial charge in [-0.3, -0.25) is 0 Å². The second-order valence-corrected chi connectivity index (χ2v) is 3.88. The molecule has 0 bridgehead atoms. The molecule has 0 fully saturated rings. The van der Waals surface area contributed by atoms with Crippen molar-refractivity contribution in [3.8, 4) is 0 Å². The third-order valence-corrected chi connectivity index (χ3v) is 2.92. The van der Waals surface area contributed by atoms with Crippen LogP contribution < -0.4 is 10.2 Å². The van der Waals surface area contributed by atoms with Gasteiger partial charge in [0.2, 0.25) is 0 Å². The van der Waals surface area contributed by atoms with Crippen molar-refractivity contribution in [2.45, 2.75) is 27.7 Å². The van der Waals surface area contributed by atoms with Crippen molar-refractivity contribution in [1.82, 2.24) is 0 Å². The van der Waals surface area contributed by atoms with Crippen LogP contribution in [-0.2, 0) is 0 Å². The van der Waals surface area contributed by atoms with Crippen molar-refractivity contribution in [3.63, 3.8) is 0 Å². The fourth-order valence-corrected chi connectivity index (χ4v) is 1.98. The molecule has 0 radical (unpaired) electrons. The number of hydrogen-bond acceptors (Lipinski definition) is 2. The van der Waals surface area contributed by atoms with Gasteiger partial charge in [0.05, 0.1) is 0 Å². The Labute approximate surface area is 93.3 Å². The molecular formula is C13H22N2.